The monoisotopic (exact) mass is 237 g/mol. The van der Waals surface area contributed by atoms with E-state index in [0.717, 1.165) is 39.0 Å². The molecule has 0 aromatic rings. The summed E-state index contributed by atoms with van der Waals surface area (Å²) in [7, 11) is 2.15. The number of allylic oxidation sites excluding steroid dienone is 1. The Hall–Kier alpha value is -1.00. The fraction of sp³-hybridized carbons (Fsp3) is 0.615. The van der Waals surface area contributed by atoms with Crippen molar-refractivity contribution in [3.8, 4) is 0 Å². The molecule has 2 aliphatic heterocycles. The van der Waals surface area contributed by atoms with Gasteiger partial charge < -0.3 is 4.90 Å². The molecule has 1 unspecified atom stereocenters. The first kappa shape index (κ1) is 12.5. The van der Waals surface area contributed by atoms with Crippen LogP contribution in [-0.4, -0.2) is 55.3 Å². The number of aliphatic imine (C=N–C) groups is 1. The van der Waals surface area contributed by atoms with Gasteiger partial charge in [-0.2, -0.15) is 0 Å². The molecule has 0 radical (unpaired) electrons. The molecule has 4 heteroatoms. The lowest BCUT2D eigenvalue weighted by molar-refractivity contribution is 0.178. The first-order chi connectivity index (χ1) is 8.27. The van der Waals surface area contributed by atoms with Crippen molar-refractivity contribution in [2.45, 2.75) is 18.9 Å². The van der Waals surface area contributed by atoms with Crippen LogP contribution in [0.5, 0.6) is 0 Å². The molecule has 0 saturated carbocycles. The minimum atomic E-state index is -0.221. The Balaban J connectivity index is 2.00. The average molecular weight is 237 g/mol. The lowest BCUT2D eigenvalue weighted by atomic mass is 10.1. The highest BCUT2D eigenvalue weighted by Crippen LogP contribution is 2.17. The summed E-state index contributed by atoms with van der Waals surface area (Å²) in [5.74, 6) is -0.149. The molecule has 0 aromatic heterocycles. The third-order valence-corrected chi connectivity index (χ3v) is 3.31. The van der Waals surface area contributed by atoms with Crippen LogP contribution in [0.15, 0.2) is 29.2 Å². The largest absolute Gasteiger partial charge is 0.306 e. The maximum atomic E-state index is 13.8. The van der Waals surface area contributed by atoms with Crippen LogP contribution >= 0.6 is 0 Å². The van der Waals surface area contributed by atoms with Crippen molar-refractivity contribution < 1.29 is 4.39 Å². The molecule has 0 aliphatic carbocycles. The Morgan fingerprint density at radius 1 is 1.24 bits per heavy atom. The first-order valence-electron chi connectivity index (χ1n) is 6.25. The van der Waals surface area contributed by atoms with Crippen molar-refractivity contribution >= 4 is 6.21 Å². The van der Waals surface area contributed by atoms with E-state index in [2.05, 4.69) is 21.8 Å². The molecular weight excluding hydrogens is 217 g/mol. The van der Waals surface area contributed by atoms with Gasteiger partial charge in [-0.25, -0.2) is 4.39 Å². The van der Waals surface area contributed by atoms with Crippen molar-refractivity contribution in [2.24, 2.45) is 4.99 Å². The second kappa shape index (κ2) is 6.07. The summed E-state index contributed by atoms with van der Waals surface area (Å²) in [5, 5.41) is 0. The molecule has 17 heavy (non-hydrogen) atoms. The van der Waals surface area contributed by atoms with Crippen molar-refractivity contribution in [2.75, 3.05) is 33.2 Å². The van der Waals surface area contributed by atoms with Gasteiger partial charge in [0.05, 0.1) is 12.2 Å². The summed E-state index contributed by atoms with van der Waals surface area (Å²) < 4.78 is 13.8. The van der Waals surface area contributed by atoms with E-state index in [1.54, 1.807) is 6.21 Å². The predicted molar refractivity (Wildman–Crippen MR) is 68.9 cm³/mol. The molecule has 3 nitrogen and oxygen atoms in total. The summed E-state index contributed by atoms with van der Waals surface area (Å²) in [5.41, 5.74) is 0. The van der Waals surface area contributed by atoms with Crippen LogP contribution in [0.2, 0.25) is 0 Å². The molecule has 2 aliphatic rings. The van der Waals surface area contributed by atoms with Gasteiger partial charge >= 0.3 is 0 Å². The summed E-state index contributed by atoms with van der Waals surface area (Å²) in [6, 6.07) is -0.221. The Morgan fingerprint density at radius 2 is 1.94 bits per heavy atom. The Morgan fingerprint density at radius 3 is 2.65 bits per heavy atom. The van der Waals surface area contributed by atoms with E-state index in [-0.39, 0.29) is 11.9 Å². The summed E-state index contributed by atoms with van der Waals surface area (Å²) in [4.78, 5) is 8.42. The number of halogens is 1. The van der Waals surface area contributed by atoms with Crippen molar-refractivity contribution in [1.29, 1.82) is 0 Å². The van der Waals surface area contributed by atoms with Gasteiger partial charge in [0.2, 0.25) is 0 Å². The van der Waals surface area contributed by atoms with E-state index in [9.17, 15) is 4.39 Å². The molecule has 0 bridgehead atoms. The highest BCUT2D eigenvalue weighted by Gasteiger charge is 2.21. The molecule has 2 rings (SSSR count). The minimum Gasteiger partial charge on any atom is -0.306 e. The van der Waals surface area contributed by atoms with Crippen molar-refractivity contribution in [3.63, 3.8) is 0 Å². The van der Waals surface area contributed by atoms with E-state index in [1.165, 1.54) is 6.20 Å². The van der Waals surface area contributed by atoms with Crippen LogP contribution in [-0.2, 0) is 0 Å². The van der Waals surface area contributed by atoms with E-state index in [1.807, 2.05) is 12.2 Å². The number of hydrogen-bond donors (Lipinski definition) is 0. The van der Waals surface area contributed by atoms with Gasteiger partial charge in [0.15, 0.2) is 0 Å². The fourth-order valence-electron chi connectivity index (χ4n) is 2.37. The zero-order valence-corrected chi connectivity index (χ0v) is 10.3. The lowest BCUT2D eigenvalue weighted by Gasteiger charge is -2.32. The zero-order chi connectivity index (χ0) is 12.1. The zero-order valence-electron chi connectivity index (χ0n) is 10.3. The molecule has 1 saturated heterocycles. The summed E-state index contributed by atoms with van der Waals surface area (Å²) >= 11 is 0. The molecule has 94 valence electrons. The van der Waals surface area contributed by atoms with Gasteiger partial charge in [-0.05, 0) is 39.1 Å². The fourth-order valence-corrected chi connectivity index (χ4v) is 2.37. The van der Waals surface area contributed by atoms with E-state index in [4.69, 9.17) is 0 Å². The molecule has 0 amide bonds. The predicted octanol–water partition coefficient (Wildman–Crippen LogP) is 1.83. The second-order valence-corrected chi connectivity index (χ2v) is 4.69. The van der Waals surface area contributed by atoms with Gasteiger partial charge in [-0.1, -0.05) is 6.08 Å². The maximum Gasteiger partial charge on any atom is 0.139 e. The third-order valence-electron chi connectivity index (χ3n) is 3.31. The normalized spacial score (nSPS) is 28.4. The van der Waals surface area contributed by atoms with Crippen molar-refractivity contribution in [3.05, 3.63) is 24.2 Å². The molecule has 0 spiro atoms. The Kier molecular flexibility index (Phi) is 4.45. The molecule has 2 heterocycles. The van der Waals surface area contributed by atoms with Gasteiger partial charge in [-0.3, -0.25) is 9.89 Å². The molecule has 0 N–H and O–H groups in total. The number of nitrogens with zero attached hydrogens (tertiary/aromatic N) is 3. The van der Waals surface area contributed by atoms with Crippen LogP contribution in [0.1, 0.15) is 12.8 Å². The van der Waals surface area contributed by atoms with Crippen LogP contribution in [0, 0.1) is 0 Å². The lowest BCUT2D eigenvalue weighted by Crippen LogP contribution is -2.40. The maximum absolute atomic E-state index is 13.8. The smallest absolute Gasteiger partial charge is 0.139 e. The molecule has 1 fully saturated rings. The van der Waals surface area contributed by atoms with E-state index < -0.39 is 0 Å². The number of hydrogen-bond acceptors (Lipinski definition) is 3. The van der Waals surface area contributed by atoms with Crippen LogP contribution in [0.3, 0.4) is 0 Å². The topological polar surface area (TPSA) is 18.8 Å². The Bertz CT molecular complexity index is 326. The second-order valence-electron chi connectivity index (χ2n) is 4.69. The molecule has 1 atom stereocenters. The number of rotatable bonds is 1. The molecular formula is C13H20FN3. The molecule has 0 aromatic carbocycles. The van der Waals surface area contributed by atoms with Crippen LogP contribution in [0.4, 0.5) is 4.39 Å². The van der Waals surface area contributed by atoms with Crippen molar-refractivity contribution in [1.82, 2.24) is 9.80 Å². The van der Waals surface area contributed by atoms with E-state index >= 15 is 0 Å². The first-order valence-corrected chi connectivity index (χ1v) is 6.25. The highest BCUT2D eigenvalue weighted by molar-refractivity contribution is 5.72. The van der Waals surface area contributed by atoms with Crippen LogP contribution in [0.25, 0.3) is 0 Å². The van der Waals surface area contributed by atoms with Gasteiger partial charge in [0, 0.05) is 19.3 Å². The average Bonchev–Trinajstić information content (AvgIpc) is 2.49. The summed E-state index contributed by atoms with van der Waals surface area (Å²) in [6.45, 7) is 4.07. The highest BCUT2D eigenvalue weighted by atomic mass is 19.1. The van der Waals surface area contributed by atoms with Gasteiger partial charge in [0.25, 0.3) is 0 Å². The van der Waals surface area contributed by atoms with Gasteiger partial charge in [0.1, 0.15) is 5.83 Å². The van der Waals surface area contributed by atoms with E-state index in [0.29, 0.717) is 0 Å². The Labute approximate surface area is 102 Å². The third kappa shape index (κ3) is 3.48. The minimum absolute atomic E-state index is 0.149. The standard InChI is InChI=1S/C13H20FN3/c1-16-7-3-9-17(10-4-8-16)13-5-2-6-15-11-12(13)14/h2,5-6,11,13H,3-4,7-10H2,1H3. The SMILES string of the molecule is CN1CCCN(C2C=CC=NC=C2F)CCC1. The van der Waals surface area contributed by atoms with Gasteiger partial charge in [-0.15, -0.1) is 0 Å². The van der Waals surface area contributed by atoms with Crippen LogP contribution < -0.4 is 0 Å². The summed E-state index contributed by atoms with van der Waals surface area (Å²) in [6.07, 6.45) is 8.88. The quantitative estimate of drug-likeness (QED) is 0.693.